The number of piperazine rings is 1. The number of nitrogens with one attached hydrogen (secondary N) is 3. The van der Waals surface area contributed by atoms with Gasteiger partial charge in [0, 0.05) is 57.6 Å². The van der Waals surface area contributed by atoms with Crippen molar-refractivity contribution in [3.63, 3.8) is 0 Å². The molecule has 1 aromatic heterocycles. The van der Waals surface area contributed by atoms with Crippen LogP contribution in [0, 0.1) is 0 Å². The molecule has 0 radical (unpaired) electrons. The zero-order valence-electron chi connectivity index (χ0n) is 21.3. The van der Waals surface area contributed by atoms with Crippen molar-refractivity contribution in [1.29, 1.82) is 0 Å². The summed E-state index contributed by atoms with van der Waals surface area (Å²) in [5, 5.41) is 9.49. The molecule has 0 spiro atoms. The Bertz CT molecular complexity index is 1260. The van der Waals surface area contributed by atoms with Crippen LogP contribution >= 0.6 is 11.6 Å². The molecule has 1 saturated heterocycles. The van der Waals surface area contributed by atoms with E-state index in [0.29, 0.717) is 41.9 Å². The van der Waals surface area contributed by atoms with Crippen molar-refractivity contribution in [2.45, 2.75) is 37.5 Å². The third-order valence-electron chi connectivity index (χ3n) is 6.86. The van der Waals surface area contributed by atoms with Gasteiger partial charge < -0.3 is 25.6 Å². The van der Waals surface area contributed by atoms with Crippen LogP contribution in [0.25, 0.3) is 0 Å². The van der Waals surface area contributed by atoms with Gasteiger partial charge in [-0.15, -0.1) is 0 Å². The number of alkyl halides is 3. The average Bonchev–Trinajstić information content (AvgIpc) is 3.31. The molecule has 0 unspecified atom stereocenters. The molecule has 0 amide bonds. The lowest BCUT2D eigenvalue weighted by atomic mass is 10.1. The van der Waals surface area contributed by atoms with E-state index in [1.165, 1.54) is 18.5 Å². The Balaban J connectivity index is 1.63. The molecule has 10 nitrogen and oxygen atoms in total. The Morgan fingerprint density at radius 2 is 1.95 bits per heavy atom. The van der Waals surface area contributed by atoms with E-state index in [1.807, 2.05) is 0 Å². The molecule has 3 N–H and O–H groups in total. The largest absolute Gasteiger partial charge is 0.494 e. The minimum absolute atomic E-state index is 0.101. The smallest absolute Gasteiger partial charge is 0.421 e. The number of anilines is 4. The lowest BCUT2D eigenvalue weighted by Crippen LogP contribution is -2.44. The fourth-order valence-electron chi connectivity index (χ4n) is 4.80. The van der Waals surface area contributed by atoms with E-state index in [9.17, 15) is 21.6 Å². The monoisotopic (exact) mass is 577 g/mol. The number of rotatable bonds is 8. The van der Waals surface area contributed by atoms with Gasteiger partial charge in [-0.2, -0.15) is 18.2 Å². The van der Waals surface area contributed by atoms with Crippen LogP contribution < -0.4 is 25.6 Å². The first-order chi connectivity index (χ1) is 17.9. The number of halogens is 4. The second-order valence-corrected chi connectivity index (χ2v) is 11.8. The fraction of sp³-hybridized carbons (Fsp3) is 0.565. The van der Waals surface area contributed by atoms with Gasteiger partial charge in [0.05, 0.1) is 29.8 Å². The molecule has 1 aliphatic heterocycles. The normalized spacial score (nSPS) is 20.6. The van der Waals surface area contributed by atoms with Crippen molar-refractivity contribution in [2.24, 2.45) is 0 Å². The number of ether oxygens (including phenoxy) is 1. The first kappa shape index (κ1) is 28.5. The van der Waals surface area contributed by atoms with Crippen molar-refractivity contribution < 1.29 is 26.3 Å². The second-order valence-electron chi connectivity index (χ2n) is 9.35. The van der Waals surface area contributed by atoms with Gasteiger partial charge >= 0.3 is 6.18 Å². The van der Waals surface area contributed by atoms with Crippen LogP contribution in [0.5, 0.6) is 5.75 Å². The highest BCUT2D eigenvalue weighted by Crippen LogP contribution is 2.39. The third-order valence-corrected chi connectivity index (χ3v) is 8.48. The van der Waals surface area contributed by atoms with Crippen LogP contribution in [0.3, 0.4) is 0 Å². The minimum atomic E-state index is -4.72. The molecule has 1 saturated carbocycles. The number of likely N-dealkylation sites (N-methyl/N-ethyl adjacent to an activating group) is 1. The van der Waals surface area contributed by atoms with Crippen LogP contribution in [0.15, 0.2) is 18.3 Å². The predicted molar refractivity (Wildman–Crippen MR) is 141 cm³/mol. The maximum absolute atomic E-state index is 13.8. The number of methoxy groups -OCH3 is 1. The highest BCUT2D eigenvalue weighted by molar-refractivity contribution is 7.88. The molecule has 1 aromatic carbocycles. The molecule has 15 heteroatoms. The van der Waals surface area contributed by atoms with Gasteiger partial charge in [0.2, 0.25) is 16.0 Å². The first-order valence-corrected chi connectivity index (χ1v) is 14.3. The molecule has 2 fully saturated rings. The lowest BCUT2D eigenvalue weighted by Gasteiger charge is -2.30. The topological polar surface area (TPSA) is 112 Å². The van der Waals surface area contributed by atoms with E-state index < -0.39 is 39.7 Å². The summed E-state index contributed by atoms with van der Waals surface area (Å²) in [6, 6.07) is 2.33. The summed E-state index contributed by atoms with van der Waals surface area (Å²) in [5.74, 6) is -0.112. The molecule has 2 heterocycles. The predicted octanol–water partition coefficient (Wildman–Crippen LogP) is 3.54. The van der Waals surface area contributed by atoms with Crippen LogP contribution in [0.2, 0.25) is 5.02 Å². The van der Waals surface area contributed by atoms with Gasteiger partial charge in [0.1, 0.15) is 17.1 Å². The molecule has 2 aliphatic rings. The van der Waals surface area contributed by atoms with Crippen molar-refractivity contribution in [3.8, 4) is 5.75 Å². The van der Waals surface area contributed by atoms with Gasteiger partial charge in [-0.1, -0.05) is 11.6 Å². The first-order valence-electron chi connectivity index (χ1n) is 12.1. The van der Waals surface area contributed by atoms with Crippen LogP contribution in [-0.2, 0) is 16.2 Å². The summed E-state index contributed by atoms with van der Waals surface area (Å²) in [5.41, 5.74) is 0.126. The van der Waals surface area contributed by atoms with Gasteiger partial charge in [-0.05, 0) is 25.3 Å². The summed E-state index contributed by atoms with van der Waals surface area (Å²) >= 11 is 6.56. The standard InChI is InChI=1S/C23H31ClF3N7O3S/c1-33(38(3,35)36)18-6-4-5-16(18)30-21-14(23(25,26)27)13-29-22(32-21)31-17-11-15(24)19(12-20(17)37-2)34-9-7-28-8-10-34/h11-13,16,18,28H,4-10H2,1-3H3,(H2,29,30,31,32)/t16-,18-/m1/s1. The van der Waals surface area contributed by atoms with Gasteiger partial charge in [-0.3, -0.25) is 0 Å². The molecule has 2 aromatic rings. The number of nitrogens with zero attached hydrogens (tertiary/aromatic N) is 4. The molecule has 38 heavy (non-hydrogen) atoms. The van der Waals surface area contributed by atoms with Crippen molar-refractivity contribution >= 4 is 44.8 Å². The van der Waals surface area contributed by atoms with E-state index in [-0.39, 0.29) is 5.95 Å². The van der Waals surface area contributed by atoms with Crippen LogP contribution in [0.4, 0.5) is 36.3 Å². The molecular weight excluding hydrogens is 547 g/mol. The summed E-state index contributed by atoms with van der Waals surface area (Å²) in [6.45, 7) is 3.16. The van der Waals surface area contributed by atoms with E-state index >= 15 is 0 Å². The molecule has 1 aliphatic carbocycles. The maximum Gasteiger partial charge on any atom is 0.421 e. The Labute approximate surface area is 225 Å². The fourth-order valence-corrected chi connectivity index (χ4v) is 5.83. The number of hydrogen-bond acceptors (Lipinski definition) is 9. The second kappa shape index (κ2) is 11.3. The molecule has 4 rings (SSSR count). The Hall–Kier alpha value is -2.55. The van der Waals surface area contributed by atoms with Crippen molar-refractivity contribution in [1.82, 2.24) is 19.6 Å². The number of aromatic nitrogens is 2. The van der Waals surface area contributed by atoms with E-state index in [1.54, 1.807) is 12.1 Å². The quantitative estimate of drug-likeness (QED) is 0.434. The lowest BCUT2D eigenvalue weighted by molar-refractivity contribution is -0.137. The average molecular weight is 578 g/mol. The highest BCUT2D eigenvalue weighted by atomic mass is 35.5. The van der Waals surface area contributed by atoms with E-state index in [0.717, 1.165) is 38.1 Å². The Morgan fingerprint density at radius 3 is 2.58 bits per heavy atom. The Kier molecular flexibility index (Phi) is 8.45. The minimum Gasteiger partial charge on any atom is -0.494 e. The maximum atomic E-state index is 13.8. The molecule has 210 valence electrons. The van der Waals surface area contributed by atoms with Gasteiger partial charge in [0.15, 0.2) is 0 Å². The SMILES string of the molecule is COc1cc(N2CCNCC2)c(Cl)cc1Nc1ncc(C(F)(F)F)c(N[C@@H]2CCC[C@H]2N(C)S(C)(=O)=O)n1. The van der Waals surface area contributed by atoms with E-state index in [4.69, 9.17) is 16.3 Å². The highest BCUT2D eigenvalue weighted by Gasteiger charge is 2.39. The number of hydrogen-bond donors (Lipinski definition) is 3. The summed E-state index contributed by atoms with van der Waals surface area (Å²) in [7, 11) is -0.620. The van der Waals surface area contributed by atoms with Crippen LogP contribution in [-0.4, -0.2) is 81.4 Å². The third kappa shape index (κ3) is 6.35. The molecule has 0 bridgehead atoms. The zero-order chi connectivity index (χ0) is 27.7. The summed E-state index contributed by atoms with van der Waals surface area (Å²) in [4.78, 5) is 10.1. The van der Waals surface area contributed by atoms with Crippen molar-refractivity contribution in [3.05, 3.63) is 28.9 Å². The number of benzene rings is 1. The summed E-state index contributed by atoms with van der Waals surface area (Å²) in [6.07, 6.45) is -1.27. The number of sulfonamides is 1. The van der Waals surface area contributed by atoms with Crippen molar-refractivity contribution in [2.75, 3.05) is 62.1 Å². The summed E-state index contributed by atoms with van der Waals surface area (Å²) < 4.78 is 72.3. The van der Waals surface area contributed by atoms with Crippen LogP contribution in [0.1, 0.15) is 24.8 Å². The Morgan fingerprint density at radius 1 is 1.24 bits per heavy atom. The molecular formula is C23H31ClF3N7O3S. The van der Waals surface area contributed by atoms with Gasteiger partial charge in [0.25, 0.3) is 0 Å². The molecule has 2 atom stereocenters. The van der Waals surface area contributed by atoms with E-state index in [2.05, 4.69) is 30.8 Å². The van der Waals surface area contributed by atoms with Gasteiger partial charge in [-0.25, -0.2) is 17.7 Å². The zero-order valence-corrected chi connectivity index (χ0v) is 22.8.